The molecule has 0 aliphatic heterocycles. The highest BCUT2D eigenvalue weighted by atomic mass is 32.2. The summed E-state index contributed by atoms with van der Waals surface area (Å²) in [5.41, 5.74) is -4.75. The average Bonchev–Trinajstić information content (AvgIpc) is 2.31. The lowest BCUT2D eigenvalue weighted by Gasteiger charge is -2.11. The van der Waals surface area contributed by atoms with E-state index in [0.29, 0.717) is 0 Å². The van der Waals surface area contributed by atoms with E-state index in [1.165, 1.54) is 0 Å². The van der Waals surface area contributed by atoms with Crippen LogP contribution in [-0.4, -0.2) is 23.2 Å². The van der Waals surface area contributed by atoms with E-state index in [2.05, 4.69) is 4.74 Å². The van der Waals surface area contributed by atoms with Gasteiger partial charge in [-0.15, -0.1) is 0 Å². The van der Waals surface area contributed by atoms with Crippen molar-refractivity contribution in [1.82, 2.24) is 0 Å². The second-order valence-corrected chi connectivity index (χ2v) is 4.74. The van der Waals surface area contributed by atoms with Crippen molar-refractivity contribution in [1.29, 1.82) is 5.26 Å². The number of hydrogen-bond donors (Lipinski definition) is 1. The van der Waals surface area contributed by atoms with E-state index >= 15 is 0 Å². The molecule has 0 aliphatic rings. The molecule has 1 N–H and O–H groups in total. The molecule has 108 valence electrons. The largest absolute Gasteiger partial charge is 0.505 e. The zero-order valence-electron chi connectivity index (χ0n) is 10.3. The van der Waals surface area contributed by atoms with Crippen LogP contribution in [0.25, 0.3) is 0 Å². The summed E-state index contributed by atoms with van der Waals surface area (Å²) in [5.74, 6) is -1.37. The van der Waals surface area contributed by atoms with Crippen molar-refractivity contribution in [3.8, 4) is 11.8 Å². The van der Waals surface area contributed by atoms with Gasteiger partial charge in [0.2, 0.25) is 0 Å². The van der Waals surface area contributed by atoms with E-state index in [9.17, 15) is 23.1 Å². The molecule has 0 bridgehead atoms. The summed E-state index contributed by atoms with van der Waals surface area (Å²) < 4.78 is 41.7. The molecule has 20 heavy (non-hydrogen) atoms. The highest BCUT2D eigenvalue weighted by Gasteiger charge is 2.31. The third-order valence-corrected chi connectivity index (χ3v) is 2.90. The molecule has 0 atom stereocenters. The maximum Gasteiger partial charge on any atom is 0.446 e. The van der Waals surface area contributed by atoms with Gasteiger partial charge in [0.05, 0.1) is 23.5 Å². The van der Waals surface area contributed by atoms with Crippen LogP contribution in [-0.2, 0) is 16.0 Å². The predicted octanol–water partition coefficient (Wildman–Crippen LogP) is 2.98. The van der Waals surface area contributed by atoms with E-state index in [-0.39, 0.29) is 24.2 Å². The van der Waals surface area contributed by atoms with E-state index in [4.69, 9.17) is 5.26 Å². The van der Waals surface area contributed by atoms with Gasteiger partial charge in [0.25, 0.3) is 0 Å². The minimum absolute atomic E-state index is 0.145. The van der Waals surface area contributed by atoms with Crippen LogP contribution in [0.3, 0.4) is 0 Å². The van der Waals surface area contributed by atoms with Crippen LogP contribution in [0, 0.1) is 11.3 Å². The van der Waals surface area contributed by atoms with Gasteiger partial charge >= 0.3 is 11.5 Å². The Labute approximate surface area is 117 Å². The second kappa shape index (κ2) is 6.52. The summed E-state index contributed by atoms with van der Waals surface area (Å²) in [6.45, 7) is 1.74. The number of phenolic OH excluding ortho intramolecular Hbond substituents is 1. The van der Waals surface area contributed by atoms with Crippen molar-refractivity contribution in [3.63, 3.8) is 0 Å². The summed E-state index contributed by atoms with van der Waals surface area (Å²) in [5, 5.41) is 18.3. The minimum atomic E-state index is -4.60. The minimum Gasteiger partial charge on any atom is -0.505 e. The zero-order valence-corrected chi connectivity index (χ0v) is 11.1. The van der Waals surface area contributed by atoms with Crippen LogP contribution in [0.15, 0.2) is 17.0 Å². The number of halogens is 3. The Morgan fingerprint density at radius 1 is 1.50 bits per heavy atom. The maximum absolute atomic E-state index is 12.3. The number of phenols is 1. The maximum atomic E-state index is 12.3. The van der Waals surface area contributed by atoms with Crippen LogP contribution in [0.2, 0.25) is 0 Å². The molecule has 0 aromatic heterocycles. The standard InChI is InChI=1S/C12H10F3NO3S/c1-2-19-10(17)5-7-3-8(6-16)11(18)9(4-7)20-12(13,14)15/h3-4,18H,2,5H2,1H3. The van der Waals surface area contributed by atoms with Gasteiger partial charge in [-0.3, -0.25) is 4.79 Å². The zero-order chi connectivity index (χ0) is 15.3. The van der Waals surface area contributed by atoms with Crippen molar-refractivity contribution in [2.75, 3.05) is 6.61 Å². The highest BCUT2D eigenvalue weighted by molar-refractivity contribution is 8.00. The summed E-state index contributed by atoms with van der Waals surface area (Å²) in [4.78, 5) is 10.8. The first-order valence-electron chi connectivity index (χ1n) is 5.44. The second-order valence-electron chi connectivity index (χ2n) is 3.63. The first kappa shape index (κ1) is 16.2. The molecule has 0 aliphatic carbocycles. The number of alkyl halides is 3. The number of esters is 1. The molecular weight excluding hydrogens is 295 g/mol. The van der Waals surface area contributed by atoms with E-state index in [0.717, 1.165) is 12.1 Å². The third-order valence-electron chi connectivity index (χ3n) is 2.13. The Morgan fingerprint density at radius 3 is 2.65 bits per heavy atom. The number of ether oxygens (including phenoxy) is 1. The quantitative estimate of drug-likeness (QED) is 0.684. The fourth-order valence-electron chi connectivity index (χ4n) is 1.43. The van der Waals surface area contributed by atoms with E-state index < -0.39 is 33.9 Å². The smallest absolute Gasteiger partial charge is 0.446 e. The van der Waals surface area contributed by atoms with Gasteiger partial charge in [0.1, 0.15) is 11.8 Å². The van der Waals surface area contributed by atoms with Gasteiger partial charge in [-0.25, -0.2) is 0 Å². The number of carbonyl (C=O) groups excluding carboxylic acids is 1. The fraction of sp³-hybridized carbons (Fsp3) is 0.333. The van der Waals surface area contributed by atoms with Crippen molar-refractivity contribution in [2.45, 2.75) is 23.7 Å². The van der Waals surface area contributed by atoms with Crippen LogP contribution >= 0.6 is 11.8 Å². The molecule has 0 saturated heterocycles. The number of thioether (sulfide) groups is 1. The van der Waals surface area contributed by atoms with Crippen LogP contribution < -0.4 is 0 Å². The van der Waals surface area contributed by atoms with Gasteiger partial charge in [-0.05, 0) is 36.4 Å². The van der Waals surface area contributed by atoms with Gasteiger partial charge < -0.3 is 9.84 Å². The number of nitriles is 1. The van der Waals surface area contributed by atoms with Crippen molar-refractivity contribution < 1.29 is 27.8 Å². The van der Waals surface area contributed by atoms with Crippen LogP contribution in [0.4, 0.5) is 13.2 Å². The lowest BCUT2D eigenvalue weighted by atomic mass is 10.1. The molecule has 0 fully saturated rings. The predicted molar refractivity (Wildman–Crippen MR) is 65.1 cm³/mol. The molecule has 4 nitrogen and oxygen atoms in total. The van der Waals surface area contributed by atoms with E-state index in [1.54, 1.807) is 13.0 Å². The number of benzene rings is 1. The van der Waals surface area contributed by atoms with Crippen molar-refractivity contribution >= 4 is 17.7 Å². The highest BCUT2D eigenvalue weighted by Crippen LogP contribution is 2.42. The molecule has 8 heteroatoms. The lowest BCUT2D eigenvalue weighted by Crippen LogP contribution is -2.08. The Bertz CT molecular complexity index is 552. The van der Waals surface area contributed by atoms with Gasteiger partial charge in [0, 0.05) is 0 Å². The molecule has 1 aromatic rings. The molecular formula is C12H10F3NO3S. The topological polar surface area (TPSA) is 70.3 Å². The molecule has 0 radical (unpaired) electrons. The number of carbonyl (C=O) groups is 1. The molecule has 1 rings (SSSR count). The van der Waals surface area contributed by atoms with Crippen molar-refractivity contribution in [2.24, 2.45) is 0 Å². The van der Waals surface area contributed by atoms with Crippen LogP contribution in [0.5, 0.6) is 5.75 Å². The Morgan fingerprint density at radius 2 is 2.15 bits per heavy atom. The molecule has 0 heterocycles. The normalized spacial score (nSPS) is 10.9. The Hall–Kier alpha value is -1.88. The Kier molecular flexibility index (Phi) is 5.27. The van der Waals surface area contributed by atoms with E-state index in [1.807, 2.05) is 0 Å². The number of rotatable bonds is 4. The summed E-state index contributed by atoms with van der Waals surface area (Å²) in [7, 11) is 0. The Balaban J connectivity index is 3.12. The first-order valence-corrected chi connectivity index (χ1v) is 6.25. The summed E-state index contributed by atoms with van der Waals surface area (Å²) in [6.07, 6.45) is -0.270. The third kappa shape index (κ3) is 4.66. The first-order chi connectivity index (χ1) is 9.26. The number of aromatic hydroxyl groups is 1. The SMILES string of the molecule is CCOC(=O)Cc1cc(C#N)c(O)c(SC(F)(F)F)c1. The molecule has 1 aromatic carbocycles. The summed E-state index contributed by atoms with van der Waals surface area (Å²) >= 11 is -0.542. The van der Waals surface area contributed by atoms with Gasteiger partial charge in [-0.1, -0.05) is 0 Å². The average molecular weight is 305 g/mol. The number of hydrogen-bond acceptors (Lipinski definition) is 5. The monoisotopic (exact) mass is 305 g/mol. The molecule has 0 amide bonds. The van der Waals surface area contributed by atoms with Gasteiger partial charge in [-0.2, -0.15) is 18.4 Å². The molecule has 0 unspecified atom stereocenters. The molecule has 0 saturated carbocycles. The van der Waals surface area contributed by atoms with Gasteiger partial charge in [0.15, 0.2) is 0 Å². The lowest BCUT2D eigenvalue weighted by molar-refractivity contribution is -0.142. The fourth-order valence-corrected chi connectivity index (χ4v) is 2.10. The summed E-state index contributed by atoms with van der Waals surface area (Å²) in [6, 6.07) is 3.76. The number of nitrogens with zero attached hydrogens (tertiary/aromatic N) is 1. The van der Waals surface area contributed by atoms with Crippen LogP contribution in [0.1, 0.15) is 18.1 Å². The van der Waals surface area contributed by atoms with Crippen molar-refractivity contribution in [3.05, 3.63) is 23.3 Å². The molecule has 0 spiro atoms.